The summed E-state index contributed by atoms with van der Waals surface area (Å²) in [6.45, 7) is 5.69. The fourth-order valence-electron chi connectivity index (χ4n) is 5.34. The molecule has 2 atom stereocenters. The summed E-state index contributed by atoms with van der Waals surface area (Å²) in [5.41, 5.74) is 0.0201. The number of benzene rings is 1. The highest BCUT2D eigenvalue weighted by atomic mass is 32.2. The first kappa shape index (κ1) is 27.2. The summed E-state index contributed by atoms with van der Waals surface area (Å²) in [5.74, 6) is -0.389. The number of aromatic nitrogens is 1. The summed E-state index contributed by atoms with van der Waals surface area (Å²) in [6, 6.07) is 7.51. The topological polar surface area (TPSA) is 108 Å². The Morgan fingerprint density at radius 1 is 1.00 bits per heavy atom. The van der Waals surface area contributed by atoms with Crippen molar-refractivity contribution in [2.24, 2.45) is 11.8 Å². The predicted octanol–water partition coefficient (Wildman–Crippen LogP) is 4.35. The Morgan fingerprint density at radius 2 is 1.68 bits per heavy atom. The average Bonchev–Trinajstić information content (AvgIpc) is 3.29. The fourth-order valence-corrected chi connectivity index (χ4v) is 6.69. The van der Waals surface area contributed by atoms with Crippen LogP contribution in [-0.4, -0.2) is 48.2 Å². The van der Waals surface area contributed by atoms with Crippen LogP contribution in [0.15, 0.2) is 47.6 Å². The maximum Gasteiger partial charge on any atom is 0.258 e. The second kappa shape index (κ2) is 10.9. The first-order valence-electron chi connectivity index (χ1n) is 12.8. The molecule has 0 unspecified atom stereocenters. The number of nitrogens with zero attached hydrogens (tertiary/aromatic N) is 2. The molecular weight excluding hydrogens is 495 g/mol. The summed E-state index contributed by atoms with van der Waals surface area (Å²) < 4.78 is 41.0. The Bertz CT molecular complexity index is 1220. The van der Waals surface area contributed by atoms with E-state index in [-0.39, 0.29) is 22.8 Å². The van der Waals surface area contributed by atoms with Gasteiger partial charge in [-0.3, -0.25) is 9.59 Å². The van der Waals surface area contributed by atoms with E-state index < -0.39 is 27.4 Å². The Labute approximate surface area is 218 Å². The number of nitrogens with one attached hydrogen (secondary N) is 2. The summed E-state index contributed by atoms with van der Waals surface area (Å²) in [5, 5.41) is 2.66. The monoisotopic (exact) mass is 530 g/mol. The third-order valence-corrected chi connectivity index (χ3v) is 8.70. The van der Waals surface area contributed by atoms with Crippen LogP contribution in [0.2, 0.25) is 0 Å². The zero-order valence-electron chi connectivity index (χ0n) is 21.5. The zero-order chi connectivity index (χ0) is 26.8. The lowest BCUT2D eigenvalue weighted by Gasteiger charge is -2.27. The minimum Gasteiger partial charge on any atom is -0.326 e. The molecule has 2 heterocycles. The number of anilines is 1. The summed E-state index contributed by atoms with van der Waals surface area (Å²) >= 11 is 0. The minimum atomic E-state index is -3.81. The van der Waals surface area contributed by atoms with Crippen LogP contribution in [0.3, 0.4) is 0 Å². The molecule has 2 N–H and O–H groups in total. The lowest BCUT2D eigenvalue weighted by Crippen LogP contribution is -2.43. The number of carbonyl (C=O) groups is 2. The standard InChI is InChI=1S/C27H35FN4O4S/c1-27(2,3)31-37(35,36)24-14-13-22(16-29-24)30-25(33)23-15-20(18-7-5-4-6-8-18)17-32(23)26(34)19-9-11-21(28)12-10-19/h9-14,16,18,20,23,31H,4-8,15,17H2,1-3H3,(H,30,33)/t20-,23+/m1/s1. The highest BCUT2D eigenvalue weighted by Gasteiger charge is 2.42. The zero-order valence-corrected chi connectivity index (χ0v) is 22.4. The molecule has 200 valence electrons. The third-order valence-electron chi connectivity index (χ3n) is 7.02. The van der Waals surface area contributed by atoms with Gasteiger partial charge in [0.2, 0.25) is 5.91 Å². The number of rotatable bonds is 6. The number of halogens is 1. The van der Waals surface area contributed by atoms with E-state index in [1.165, 1.54) is 49.0 Å². The molecule has 8 nitrogen and oxygen atoms in total. The molecule has 0 bridgehead atoms. The summed E-state index contributed by atoms with van der Waals surface area (Å²) in [6.07, 6.45) is 7.59. The molecule has 1 aliphatic heterocycles. The van der Waals surface area contributed by atoms with Gasteiger partial charge in [0.15, 0.2) is 5.03 Å². The Kier molecular flexibility index (Phi) is 7.99. The number of amides is 2. The van der Waals surface area contributed by atoms with Gasteiger partial charge in [-0.05, 0) is 75.4 Å². The first-order valence-corrected chi connectivity index (χ1v) is 14.3. The van der Waals surface area contributed by atoms with Crippen LogP contribution in [0.25, 0.3) is 0 Å². The molecule has 0 spiro atoms. The van der Waals surface area contributed by atoms with E-state index in [1.807, 2.05) is 0 Å². The Hall–Kier alpha value is -2.85. The largest absolute Gasteiger partial charge is 0.326 e. The highest BCUT2D eigenvalue weighted by molar-refractivity contribution is 7.89. The SMILES string of the molecule is CC(C)(C)NS(=O)(=O)c1ccc(NC(=O)[C@@H]2C[C@@H](C3CCCCC3)CN2C(=O)c2ccc(F)cc2)cn1. The number of sulfonamides is 1. The van der Waals surface area contributed by atoms with E-state index in [0.29, 0.717) is 30.1 Å². The van der Waals surface area contributed by atoms with Crippen molar-refractivity contribution in [3.05, 3.63) is 54.0 Å². The van der Waals surface area contributed by atoms with Crippen molar-refractivity contribution < 1.29 is 22.4 Å². The average molecular weight is 531 g/mol. The molecule has 1 saturated heterocycles. The van der Waals surface area contributed by atoms with Gasteiger partial charge in [0.25, 0.3) is 15.9 Å². The van der Waals surface area contributed by atoms with Gasteiger partial charge >= 0.3 is 0 Å². The lowest BCUT2D eigenvalue weighted by molar-refractivity contribution is -0.119. The van der Waals surface area contributed by atoms with Crippen LogP contribution in [-0.2, 0) is 14.8 Å². The quantitative estimate of drug-likeness (QED) is 0.577. The van der Waals surface area contributed by atoms with Gasteiger partial charge in [0.1, 0.15) is 11.9 Å². The van der Waals surface area contributed by atoms with E-state index in [2.05, 4.69) is 15.0 Å². The second-order valence-corrected chi connectivity index (χ2v) is 12.7. The first-order chi connectivity index (χ1) is 17.4. The van der Waals surface area contributed by atoms with Crippen molar-refractivity contribution in [3.63, 3.8) is 0 Å². The molecule has 1 aromatic heterocycles. The van der Waals surface area contributed by atoms with E-state index in [1.54, 1.807) is 25.7 Å². The van der Waals surface area contributed by atoms with Crippen molar-refractivity contribution in [2.45, 2.75) is 75.9 Å². The minimum absolute atomic E-state index is 0.147. The number of hydrogen-bond acceptors (Lipinski definition) is 5. The van der Waals surface area contributed by atoms with Crippen LogP contribution >= 0.6 is 0 Å². The normalized spacial score (nSPS) is 21.1. The molecule has 2 amide bonds. The smallest absolute Gasteiger partial charge is 0.258 e. The van der Waals surface area contributed by atoms with E-state index in [4.69, 9.17) is 0 Å². The predicted molar refractivity (Wildman–Crippen MR) is 139 cm³/mol. The number of carbonyl (C=O) groups excluding carboxylic acids is 2. The molecule has 37 heavy (non-hydrogen) atoms. The van der Waals surface area contributed by atoms with Crippen LogP contribution in [0.1, 0.15) is 69.7 Å². The highest BCUT2D eigenvalue weighted by Crippen LogP contribution is 2.38. The van der Waals surface area contributed by atoms with E-state index in [0.717, 1.165) is 25.7 Å². The van der Waals surface area contributed by atoms with Gasteiger partial charge in [-0.2, -0.15) is 0 Å². The lowest BCUT2D eigenvalue weighted by atomic mass is 9.79. The molecule has 1 saturated carbocycles. The van der Waals surface area contributed by atoms with Crippen molar-refractivity contribution in [2.75, 3.05) is 11.9 Å². The molecule has 0 radical (unpaired) electrons. The van der Waals surface area contributed by atoms with Gasteiger partial charge in [-0.1, -0.05) is 32.1 Å². The fraction of sp³-hybridized carbons (Fsp3) is 0.519. The van der Waals surface area contributed by atoms with Crippen molar-refractivity contribution in [3.8, 4) is 0 Å². The maximum absolute atomic E-state index is 13.4. The van der Waals surface area contributed by atoms with Crippen LogP contribution < -0.4 is 10.0 Å². The molecule has 2 aliphatic rings. The van der Waals surface area contributed by atoms with Crippen LogP contribution in [0.4, 0.5) is 10.1 Å². The molecule has 2 fully saturated rings. The molecule has 10 heteroatoms. The molecule has 1 aromatic carbocycles. The number of likely N-dealkylation sites (tertiary alicyclic amines) is 1. The molecule has 2 aromatic rings. The summed E-state index contributed by atoms with van der Waals surface area (Å²) in [4.78, 5) is 32.4. The van der Waals surface area contributed by atoms with Crippen LogP contribution in [0, 0.1) is 17.7 Å². The number of pyridine rings is 1. The molecule has 1 aliphatic carbocycles. The van der Waals surface area contributed by atoms with Gasteiger partial charge in [0, 0.05) is 17.6 Å². The van der Waals surface area contributed by atoms with Gasteiger partial charge in [-0.25, -0.2) is 22.5 Å². The van der Waals surface area contributed by atoms with Crippen molar-refractivity contribution in [1.82, 2.24) is 14.6 Å². The van der Waals surface area contributed by atoms with Crippen LogP contribution in [0.5, 0.6) is 0 Å². The van der Waals surface area contributed by atoms with Crippen molar-refractivity contribution in [1.29, 1.82) is 0 Å². The van der Waals surface area contributed by atoms with Gasteiger partial charge in [0.05, 0.1) is 11.9 Å². The third kappa shape index (κ3) is 6.73. The second-order valence-electron chi connectivity index (χ2n) is 11.1. The molecular formula is C27H35FN4O4S. The van der Waals surface area contributed by atoms with E-state index in [9.17, 15) is 22.4 Å². The maximum atomic E-state index is 13.4. The summed E-state index contributed by atoms with van der Waals surface area (Å²) in [7, 11) is -3.81. The van der Waals surface area contributed by atoms with Gasteiger partial charge in [-0.15, -0.1) is 0 Å². The van der Waals surface area contributed by atoms with Gasteiger partial charge < -0.3 is 10.2 Å². The molecule has 4 rings (SSSR count). The Balaban J connectivity index is 1.51. The van der Waals surface area contributed by atoms with Crippen molar-refractivity contribution >= 4 is 27.5 Å². The Morgan fingerprint density at radius 3 is 2.27 bits per heavy atom. The van der Waals surface area contributed by atoms with E-state index >= 15 is 0 Å². The number of hydrogen-bond donors (Lipinski definition) is 2.